The van der Waals surface area contributed by atoms with Crippen LogP contribution in [-0.4, -0.2) is 23.8 Å². The largest absolute Gasteiger partial charge is 0.465 e. The molecule has 0 fully saturated rings. The lowest BCUT2D eigenvalue weighted by molar-refractivity contribution is 0.198. The van der Waals surface area contributed by atoms with Crippen molar-refractivity contribution in [1.82, 2.24) is 5.32 Å². The van der Waals surface area contributed by atoms with Gasteiger partial charge < -0.3 is 9.84 Å². The zero-order valence-corrected chi connectivity index (χ0v) is 5.07. The fourth-order valence-electron chi connectivity index (χ4n) is 0.489. The van der Waals surface area contributed by atoms with Gasteiger partial charge >= 0.3 is 6.09 Å². The first-order valence-electron chi connectivity index (χ1n) is 2.65. The van der Waals surface area contributed by atoms with Crippen LogP contribution in [0.5, 0.6) is 0 Å². The van der Waals surface area contributed by atoms with Crippen LogP contribution in [0.1, 0.15) is 0 Å². The summed E-state index contributed by atoms with van der Waals surface area (Å²) in [6, 6.07) is 0.0231. The molecular formula is C5H6N2O3. The lowest BCUT2D eigenvalue weighted by Crippen LogP contribution is -2.30. The first kappa shape index (κ1) is 6.60. The molecule has 0 bridgehead atoms. The van der Waals surface area contributed by atoms with Crippen molar-refractivity contribution in [1.29, 1.82) is 0 Å². The third-order valence-electron chi connectivity index (χ3n) is 0.830. The van der Waals surface area contributed by atoms with Gasteiger partial charge in [0.2, 0.25) is 0 Å². The van der Waals surface area contributed by atoms with Crippen molar-refractivity contribution in [3.05, 3.63) is 12.3 Å². The average Bonchev–Trinajstić information content (AvgIpc) is 1.88. The van der Waals surface area contributed by atoms with Gasteiger partial charge in [0.1, 0.15) is 0 Å². The molecule has 2 N–H and O–H groups in total. The molecule has 1 heterocycles. The van der Waals surface area contributed by atoms with E-state index in [2.05, 4.69) is 9.73 Å². The van der Waals surface area contributed by atoms with Gasteiger partial charge in [-0.05, 0) is 6.08 Å². The van der Waals surface area contributed by atoms with E-state index in [-0.39, 0.29) is 6.02 Å². The summed E-state index contributed by atoms with van der Waals surface area (Å²) in [5.74, 6) is 0. The second kappa shape index (κ2) is 2.86. The van der Waals surface area contributed by atoms with Gasteiger partial charge in [0, 0.05) is 0 Å². The van der Waals surface area contributed by atoms with Gasteiger partial charge in [0.25, 0.3) is 6.02 Å². The first-order chi connectivity index (χ1) is 4.79. The van der Waals surface area contributed by atoms with Crippen LogP contribution in [-0.2, 0) is 4.74 Å². The number of nitrogens with one attached hydrogen (secondary N) is 1. The fourth-order valence-corrected chi connectivity index (χ4v) is 0.489. The number of carboxylic acid groups (broad SMARTS) is 1. The maximum atomic E-state index is 9.97. The standard InChI is InChI=1S/C5H6N2O3/c8-5(9)7-4-6-2-1-3-10-4/h1,3H,2H2,(H,6,7)(H,8,9). The van der Waals surface area contributed by atoms with Crippen LogP contribution in [0.25, 0.3) is 0 Å². The lowest BCUT2D eigenvalue weighted by atomic mass is 10.6. The van der Waals surface area contributed by atoms with Gasteiger partial charge in [-0.2, -0.15) is 0 Å². The number of ether oxygens (including phenoxy) is 1. The van der Waals surface area contributed by atoms with Crippen molar-refractivity contribution < 1.29 is 14.6 Å². The number of nitrogens with zero attached hydrogens (tertiary/aromatic N) is 1. The van der Waals surface area contributed by atoms with E-state index in [4.69, 9.17) is 5.11 Å². The zero-order valence-electron chi connectivity index (χ0n) is 5.07. The van der Waals surface area contributed by atoms with Crippen molar-refractivity contribution in [3.8, 4) is 0 Å². The van der Waals surface area contributed by atoms with E-state index in [9.17, 15) is 4.79 Å². The average molecular weight is 142 g/mol. The lowest BCUT2D eigenvalue weighted by Gasteiger charge is -2.05. The topological polar surface area (TPSA) is 70.9 Å². The van der Waals surface area contributed by atoms with Gasteiger partial charge in [-0.3, -0.25) is 0 Å². The quantitative estimate of drug-likeness (QED) is 0.505. The third-order valence-corrected chi connectivity index (χ3v) is 0.830. The first-order valence-corrected chi connectivity index (χ1v) is 2.65. The molecular weight excluding hydrogens is 136 g/mol. The molecule has 1 rings (SSSR count). The van der Waals surface area contributed by atoms with E-state index in [0.717, 1.165) is 0 Å². The number of hydrogen-bond acceptors (Lipinski definition) is 3. The highest BCUT2D eigenvalue weighted by molar-refractivity contribution is 5.90. The van der Waals surface area contributed by atoms with E-state index in [0.29, 0.717) is 6.54 Å². The van der Waals surface area contributed by atoms with Gasteiger partial charge in [0.05, 0.1) is 12.8 Å². The van der Waals surface area contributed by atoms with Crippen molar-refractivity contribution in [2.45, 2.75) is 0 Å². The summed E-state index contributed by atoms with van der Waals surface area (Å²) in [6.45, 7) is 0.454. The maximum absolute atomic E-state index is 9.97. The molecule has 0 aliphatic carbocycles. The summed E-state index contributed by atoms with van der Waals surface area (Å²) in [6.07, 6.45) is 1.89. The summed E-state index contributed by atoms with van der Waals surface area (Å²) in [5, 5.41) is 10.1. The molecule has 1 amide bonds. The van der Waals surface area contributed by atoms with E-state index in [1.807, 2.05) is 5.32 Å². The minimum absolute atomic E-state index is 0.0231. The van der Waals surface area contributed by atoms with Crippen LogP contribution in [0, 0.1) is 0 Å². The molecule has 0 aromatic carbocycles. The van der Waals surface area contributed by atoms with Gasteiger partial charge in [-0.15, -0.1) is 0 Å². The molecule has 0 saturated heterocycles. The molecule has 1 aliphatic heterocycles. The highest BCUT2D eigenvalue weighted by Crippen LogP contribution is 1.89. The Morgan fingerprint density at radius 3 is 3.20 bits per heavy atom. The Morgan fingerprint density at radius 1 is 1.90 bits per heavy atom. The highest BCUT2D eigenvalue weighted by Gasteiger charge is 2.04. The number of aliphatic imine (C=N–C) groups is 1. The predicted molar refractivity (Wildman–Crippen MR) is 33.7 cm³/mol. The number of amides is 1. The summed E-state index contributed by atoms with van der Waals surface area (Å²) >= 11 is 0. The fraction of sp³-hybridized carbons (Fsp3) is 0.200. The molecule has 5 heteroatoms. The number of carbonyl (C=O) groups is 1. The molecule has 0 saturated carbocycles. The van der Waals surface area contributed by atoms with E-state index < -0.39 is 6.09 Å². The molecule has 10 heavy (non-hydrogen) atoms. The normalized spacial score (nSPS) is 15.4. The monoisotopic (exact) mass is 142 g/mol. The smallest absolute Gasteiger partial charge is 0.412 e. The van der Waals surface area contributed by atoms with Crippen LogP contribution in [0.3, 0.4) is 0 Å². The molecule has 5 nitrogen and oxygen atoms in total. The highest BCUT2D eigenvalue weighted by atomic mass is 16.5. The van der Waals surface area contributed by atoms with Crippen LogP contribution >= 0.6 is 0 Å². The Hall–Kier alpha value is -1.52. The Balaban J connectivity index is 2.41. The predicted octanol–water partition coefficient (Wildman–Crippen LogP) is 0.154. The Kier molecular flexibility index (Phi) is 1.89. The molecule has 0 unspecified atom stereocenters. The third kappa shape index (κ3) is 1.77. The van der Waals surface area contributed by atoms with Gasteiger partial charge in [0.15, 0.2) is 0 Å². The molecule has 0 spiro atoms. The molecule has 1 aliphatic rings. The van der Waals surface area contributed by atoms with E-state index in [1.54, 1.807) is 6.08 Å². The summed E-state index contributed by atoms with van der Waals surface area (Å²) in [5.41, 5.74) is 0. The molecule has 0 aromatic heterocycles. The van der Waals surface area contributed by atoms with Crippen LogP contribution in [0.2, 0.25) is 0 Å². The minimum Gasteiger partial charge on any atom is -0.465 e. The number of rotatable bonds is 0. The summed E-state index contributed by atoms with van der Waals surface area (Å²) in [4.78, 5) is 13.7. The maximum Gasteiger partial charge on any atom is 0.412 e. The number of amidine groups is 1. The van der Waals surface area contributed by atoms with Crippen LogP contribution in [0.4, 0.5) is 4.79 Å². The van der Waals surface area contributed by atoms with Gasteiger partial charge in [-0.1, -0.05) is 0 Å². The van der Waals surface area contributed by atoms with Crippen molar-refractivity contribution in [2.75, 3.05) is 6.54 Å². The molecule has 0 atom stereocenters. The van der Waals surface area contributed by atoms with E-state index in [1.165, 1.54) is 6.26 Å². The van der Waals surface area contributed by atoms with Gasteiger partial charge in [-0.25, -0.2) is 15.1 Å². The molecule has 0 aromatic rings. The van der Waals surface area contributed by atoms with Crippen molar-refractivity contribution >= 4 is 12.1 Å². The zero-order chi connectivity index (χ0) is 7.40. The van der Waals surface area contributed by atoms with Crippen molar-refractivity contribution in [3.63, 3.8) is 0 Å². The van der Waals surface area contributed by atoms with Crippen LogP contribution in [0.15, 0.2) is 17.3 Å². The Bertz CT molecular complexity index is 197. The summed E-state index contributed by atoms with van der Waals surface area (Å²) in [7, 11) is 0. The Labute approximate surface area is 57.0 Å². The van der Waals surface area contributed by atoms with E-state index >= 15 is 0 Å². The molecule has 0 radical (unpaired) electrons. The number of hydrogen-bond donors (Lipinski definition) is 2. The second-order valence-electron chi connectivity index (χ2n) is 1.57. The minimum atomic E-state index is -1.17. The second-order valence-corrected chi connectivity index (χ2v) is 1.57. The van der Waals surface area contributed by atoms with Crippen molar-refractivity contribution in [2.24, 2.45) is 4.99 Å². The van der Waals surface area contributed by atoms with Crippen LogP contribution < -0.4 is 5.32 Å². The molecule has 54 valence electrons. The Morgan fingerprint density at radius 2 is 2.70 bits per heavy atom. The summed E-state index contributed by atoms with van der Waals surface area (Å²) < 4.78 is 4.67. The SMILES string of the molecule is O=C(O)NC1=NCC=CO1.